The highest BCUT2D eigenvalue weighted by Crippen LogP contribution is 2.30. The second kappa shape index (κ2) is 10.8. The van der Waals surface area contributed by atoms with Crippen molar-refractivity contribution in [2.75, 3.05) is 31.6 Å². The maximum atomic E-state index is 12.8. The fraction of sp³-hybridized carbons (Fsp3) is 0.318. The average Bonchev–Trinajstić information content (AvgIpc) is 2.74. The van der Waals surface area contributed by atoms with Crippen LogP contribution in [0.25, 0.3) is 0 Å². The molecule has 30 heavy (non-hydrogen) atoms. The first-order valence-electron chi connectivity index (χ1n) is 9.79. The first-order chi connectivity index (χ1) is 14.4. The van der Waals surface area contributed by atoms with E-state index in [0.717, 1.165) is 0 Å². The van der Waals surface area contributed by atoms with Crippen molar-refractivity contribution >= 4 is 21.6 Å². The molecule has 0 radical (unpaired) electrons. The van der Waals surface area contributed by atoms with Crippen LogP contribution in [-0.2, 0) is 10.0 Å². The van der Waals surface area contributed by atoms with Crippen LogP contribution in [0.4, 0.5) is 5.69 Å². The van der Waals surface area contributed by atoms with Crippen LogP contribution in [0.3, 0.4) is 0 Å². The third-order valence-corrected chi connectivity index (χ3v) is 6.37. The van der Waals surface area contributed by atoms with Crippen molar-refractivity contribution < 1.29 is 22.7 Å². The fourth-order valence-corrected chi connectivity index (χ4v) is 4.30. The molecule has 0 aromatic heterocycles. The van der Waals surface area contributed by atoms with E-state index in [0.29, 0.717) is 49.1 Å². The molecule has 8 heteroatoms. The molecular weight excluding hydrogens is 404 g/mol. The van der Waals surface area contributed by atoms with Crippen molar-refractivity contribution in [3.8, 4) is 11.5 Å². The minimum atomic E-state index is -3.67. The fourth-order valence-electron chi connectivity index (χ4n) is 2.81. The van der Waals surface area contributed by atoms with Crippen LogP contribution >= 0.6 is 0 Å². The van der Waals surface area contributed by atoms with Crippen molar-refractivity contribution in [3.63, 3.8) is 0 Å². The Balaban J connectivity index is 2.32. The van der Waals surface area contributed by atoms with E-state index in [1.807, 2.05) is 6.92 Å². The van der Waals surface area contributed by atoms with E-state index in [4.69, 9.17) is 9.47 Å². The number of hydrogen-bond acceptors (Lipinski definition) is 5. The molecule has 0 fully saturated rings. The van der Waals surface area contributed by atoms with Gasteiger partial charge in [0.05, 0.1) is 17.2 Å². The third kappa shape index (κ3) is 5.61. The molecule has 0 saturated carbocycles. The van der Waals surface area contributed by atoms with Gasteiger partial charge in [-0.1, -0.05) is 26.5 Å². The highest BCUT2D eigenvalue weighted by molar-refractivity contribution is 7.89. The van der Waals surface area contributed by atoms with E-state index in [1.54, 1.807) is 50.3 Å². The Kier molecular flexibility index (Phi) is 8.44. The van der Waals surface area contributed by atoms with Gasteiger partial charge in [0, 0.05) is 18.7 Å². The number of sulfonamides is 1. The lowest BCUT2D eigenvalue weighted by Gasteiger charge is -2.20. The zero-order valence-electron chi connectivity index (χ0n) is 17.6. The van der Waals surface area contributed by atoms with E-state index in [1.165, 1.54) is 16.4 Å². The van der Waals surface area contributed by atoms with Crippen molar-refractivity contribution in [3.05, 3.63) is 60.7 Å². The van der Waals surface area contributed by atoms with E-state index >= 15 is 0 Å². The molecule has 1 N–H and O–H groups in total. The second-order valence-electron chi connectivity index (χ2n) is 6.26. The summed E-state index contributed by atoms with van der Waals surface area (Å²) < 4.78 is 38.0. The largest absolute Gasteiger partial charge is 0.492 e. The molecule has 2 aromatic carbocycles. The highest BCUT2D eigenvalue weighted by Gasteiger charge is 2.23. The lowest BCUT2D eigenvalue weighted by molar-refractivity contribution is 0.102. The molecule has 0 aliphatic rings. The smallest absolute Gasteiger partial charge is 0.255 e. The van der Waals surface area contributed by atoms with Crippen molar-refractivity contribution in [1.29, 1.82) is 0 Å². The van der Waals surface area contributed by atoms with Crippen LogP contribution in [0.1, 0.15) is 31.1 Å². The molecule has 0 atom stereocenters. The molecule has 0 saturated heterocycles. The summed E-state index contributed by atoms with van der Waals surface area (Å²) in [6.07, 6.45) is 1.63. The molecular formula is C22H28N2O5S. The predicted octanol–water partition coefficient (Wildman–Crippen LogP) is 3.93. The van der Waals surface area contributed by atoms with Gasteiger partial charge >= 0.3 is 0 Å². The molecule has 7 nitrogen and oxygen atoms in total. The third-order valence-electron chi connectivity index (χ3n) is 4.33. The molecule has 0 aliphatic carbocycles. The van der Waals surface area contributed by atoms with Crippen molar-refractivity contribution in [2.45, 2.75) is 25.7 Å². The Morgan fingerprint density at radius 1 is 1.07 bits per heavy atom. The van der Waals surface area contributed by atoms with Gasteiger partial charge in [-0.15, -0.1) is 0 Å². The standard InChI is InChI=1S/C22H28N2O5S/c1-5-15-29-18-11-9-17(10-12-18)22(25)23-20-16-19(13-14-21(20)28-8-4)30(26,27)24(6-2)7-3/h5,9-14,16H,1,6-8,15H2,2-4H3,(H,23,25). The van der Waals surface area contributed by atoms with Crippen LogP contribution in [0.5, 0.6) is 11.5 Å². The van der Waals surface area contributed by atoms with Gasteiger partial charge < -0.3 is 14.8 Å². The summed E-state index contributed by atoms with van der Waals surface area (Å²) in [7, 11) is -3.67. The number of benzene rings is 2. The Morgan fingerprint density at radius 3 is 2.30 bits per heavy atom. The van der Waals surface area contributed by atoms with Gasteiger partial charge in [0.1, 0.15) is 18.1 Å². The Morgan fingerprint density at radius 2 is 1.73 bits per heavy atom. The zero-order chi connectivity index (χ0) is 22.1. The van der Waals surface area contributed by atoms with Crippen molar-refractivity contribution in [2.24, 2.45) is 0 Å². The number of carbonyl (C=O) groups is 1. The van der Waals surface area contributed by atoms with Gasteiger partial charge in [-0.05, 0) is 49.4 Å². The van der Waals surface area contributed by atoms with E-state index in [-0.39, 0.29) is 10.8 Å². The number of anilines is 1. The monoisotopic (exact) mass is 432 g/mol. The molecule has 2 rings (SSSR count). The summed E-state index contributed by atoms with van der Waals surface area (Å²) in [5.74, 6) is 0.632. The molecule has 2 aromatic rings. The van der Waals surface area contributed by atoms with Gasteiger partial charge in [0.15, 0.2) is 0 Å². The maximum absolute atomic E-state index is 12.8. The Bertz CT molecular complexity index is 968. The average molecular weight is 433 g/mol. The molecule has 0 spiro atoms. The van der Waals surface area contributed by atoms with Gasteiger partial charge in [0.25, 0.3) is 5.91 Å². The Hall–Kier alpha value is -2.84. The minimum Gasteiger partial charge on any atom is -0.492 e. The van der Waals surface area contributed by atoms with Crippen LogP contribution in [0.15, 0.2) is 60.0 Å². The van der Waals surface area contributed by atoms with Gasteiger partial charge in [-0.3, -0.25) is 4.79 Å². The van der Waals surface area contributed by atoms with Gasteiger partial charge in [-0.2, -0.15) is 4.31 Å². The molecule has 0 heterocycles. The summed E-state index contributed by atoms with van der Waals surface area (Å²) in [4.78, 5) is 12.8. The maximum Gasteiger partial charge on any atom is 0.255 e. The quantitative estimate of drug-likeness (QED) is 0.544. The van der Waals surface area contributed by atoms with E-state index in [2.05, 4.69) is 11.9 Å². The first kappa shape index (κ1) is 23.4. The topological polar surface area (TPSA) is 84.9 Å². The van der Waals surface area contributed by atoms with Crippen LogP contribution in [0.2, 0.25) is 0 Å². The summed E-state index contributed by atoms with van der Waals surface area (Å²) in [5.41, 5.74) is 0.697. The number of rotatable bonds is 11. The summed E-state index contributed by atoms with van der Waals surface area (Å²) in [6.45, 7) is 10.4. The van der Waals surface area contributed by atoms with E-state index in [9.17, 15) is 13.2 Å². The van der Waals surface area contributed by atoms with E-state index < -0.39 is 10.0 Å². The Labute approximate surface area is 178 Å². The second-order valence-corrected chi connectivity index (χ2v) is 8.20. The number of amides is 1. The molecule has 0 unspecified atom stereocenters. The first-order valence-corrected chi connectivity index (χ1v) is 11.2. The number of carbonyl (C=O) groups excluding carboxylic acids is 1. The van der Waals surface area contributed by atoms with Crippen LogP contribution in [-0.4, -0.2) is 44.9 Å². The number of nitrogens with zero attached hydrogens (tertiary/aromatic N) is 1. The van der Waals surface area contributed by atoms with Crippen LogP contribution in [0, 0.1) is 0 Å². The molecule has 1 amide bonds. The normalized spacial score (nSPS) is 11.2. The lowest BCUT2D eigenvalue weighted by atomic mass is 10.2. The molecule has 162 valence electrons. The lowest BCUT2D eigenvalue weighted by Crippen LogP contribution is -2.30. The summed E-state index contributed by atoms with van der Waals surface area (Å²) >= 11 is 0. The van der Waals surface area contributed by atoms with Crippen molar-refractivity contribution in [1.82, 2.24) is 4.31 Å². The molecule has 0 bridgehead atoms. The zero-order valence-corrected chi connectivity index (χ0v) is 18.4. The highest BCUT2D eigenvalue weighted by atomic mass is 32.2. The van der Waals surface area contributed by atoms with Crippen LogP contribution < -0.4 is 14.8 Å². The SMILES string of the molecule is C=CCOc1ccc(C(=O)Nc2cc(S(=O)(=O)N(CC)CC)ccc2OCC)cc1. The summed E-state index contributed by atoms with van der Waals surface area (Å²) in [5, 5.41) is 2.76. The predicted molar refractivity (Wildman–Crippen MR) is 118 cm³/mol. The molecule has 0 aliphatic heterocycles. The number of nitrogens with one attached hydrogen (secondary N) is 1. The number of ether oxygens (including phenoxy) is 2. The minimum absolute atomic E-state index is 0.0955. The van der Waals surface area contributed by atoms with Gasteiger partial charge in [0.2, 0.25) is 10.0 Å². The number of hydrogen-bond donors (Lipinski definition) is 1. The summed E-state index contributed by atoms with van der Waals surface area (Å²) in [6, 6.07) is 11.1. The van der Waals surface area contributed by atoms with Gasteiger partial charge in [-0.25, -0.2) is 8.42 Å².